The maximum atomic E-state index is 14.0. The van der Waals surface area contributed by atoms with Crippen LogP contribution in [0.25, 0.3) is 11.0 Å². The van der Waals surface area contributed by atoms with Gasteiger partial charge in [-0.05, 0) is 40.2 Å². The van der Waals surface area contributed by atoms with Crippen molar-refractivity contribution in [1.82, 2.24) is 9.97 Å². The van der Waals surface area contributed by atoms with Gasteiger partial charge in [-0.15, -0.1) is 0 Å². The van der Waals surface area contributed by atoms with Crippen molar-refractivity contribution in [2.75, 3.05) is 0 Å². The minimum Gasteiger partial charge on any atom is -0.345 e. The van der Waals surface area contributed by atoms with E-state index in [0.717, 1.165) is 6.07 Å². The summed E-state index contributed by atoms with van der Waals surface area (Å²) in [7, 11) is -4.26. The topological polar surface area (TPSA) is 62.8 Å². The normalized spacial score (nSPS) is 12.0. The van der Waals surface area contributed by atoms with Gasteiger partial charge in [0.05, 0.1) is 9.37 Å². The molecule has 0 fully saturated rings. The molecule has 2 heterocycles. The van der Waals surface area contributed by atoms with Crippen LogP contribution < -0.4 is 0 Å². The number of hydrogen-bond donors (Lipinski definition) is 1. The number of H-pyrrole nitrogens is 1. The molecule has 0 amide bonds. The zero-order chi connectivity index (χ0) is 16.1. The lowest BCUT2D eigenvalue weighted by Gasteiger charge is -2.06. The van der Waals surface area contributed by atoms with Gasteiger partial charge in [-0.2, -0.15) is 0 Å². The Hall–Kier alpha value is -1.51. The van der Waals surface area contributed by atoms with E-state index in [1.807, 2.05) is 0 Å². The van der Waals surface area contributed by atoms with Gasteiger partial charge < -0.3 is 4.98 Å². The van der Waals surface area contributed by atoms with Crippen LogP contribution in [-0.4, -0.2) is 18.4 Å². The predicted octanol–water partition coefficient (Wildman–Crippen LogP) is 4.09. The zero-order valence-corrected chi connectivity index (χ0v) is 13.7. The number of fused-ring (bicyclic) bond motifs is 1. The summed E-state index contributed by atoms with van der Waals surface area (Å²) >= 11 is 8.53. The van der Waals surface area contributed by atoms with Gasteiger partial charge in [0, 0.05) is 11.6 Å². The van der Waals surface area contributed by atoms with Gasteiger partial charge in [0.2, 0.25) is 9.84 Å². The summed E-state index contributed by atoms with van der Waals surface area (Å²) in [6.45, 7) is 0. The molecular formula is C13H6BrClF2N2O2S. The minimum atomic E-state index is -4.26. The maximum absolute atomic E-state index is 14.0. The Morgan fingerprint density at radius 1 is 1.14 bits per heavy atom. The second kappa shape index (κ2) is 5.29. The maximum Gasteiger partial charge on any atom is 0.211 e. The summed E-state index contributed by atoms with van der Waals surface area (Å²) in [6.07, 6.45) is 1.17. The molecule has 0 radical (unpaired) electrons. The predicted molar refractivity (Wildman–Crippen MR) is 80.6 cm³/mol. The molecule has 0 unspecified atom stereocenters. The molecule has 0 aliphatic carbocycles. The smallest absolute Gasteiger partial charge is 0.211 e. The highest BCUT2D eigenvalue weighted by Gasteiger charge is 2.27. The Labute approximate surface area is 137 Å². The molecule has 4 nitrogen and oxygen atoms in total. The van der Waals surface area contributed by atoms with Crippen molar-refractivity contribution < 1.29 is 17.2 Å². The molecular weight excluding hydrogens is 402 g/mol. The lowest BCUT2D eigenvalue weighted by molar-refractivity contribution is 0.550. The third kappa shape index (κ3) is 2.41. The molecule has 114 valence electrons. The highest BCUT2D eigenvalue weighted by Crippen LogP contribution is 2.31. The number of sulfone groups is 1. The number of nitrogens with zero attached hydrogens (tertiary/aromatic N) is 1. The molecule has 3 rings (SSSR count). The largest absolute Gasteiger partial charge is 0.345 e. The van der Waals surface area contributed by atoms with E-state index in [2.05, 4.69) is 25.9 Å². The van der Waals surface area contributed by atoms with Crippen molar-refractivity contribution in [3.05, 3.63) is 51.7 Å². The first-order valence-corrected chi connectivity index (χ1v) is 8.49. The third-order valence-corrected chi connectivity index (χ3v) is 5.65. The monoisotopic (exact) mass is 406 g/mol. The molecule has 0 bridgehead atoms. The van der Waals surface area contributed by atoms with Crippen LogP contribution in [-0.2, 0) is 9.84 Å². The highest BCUT2D eigenvalue weighted by molar-refractivity contribution is 9.10. The molecule has 0 aliphatic heterocycles. The van der Waals surface area contributed by atoms with Gasteiger partial charge >= 0.3 is 0 Å². The van der Waals surface area contributed by atoms with Crippen molar-refractivity contribution in [3.8, 4) is 0 Å². The van der Waals surface area contributed by atoms with Crippen LogP contribution in [0.5, 0.6) is 0 Å². The summed E-state index contributed by atoms with van der Waals surface area (Å²) < 4.78 is 52.5. The van der Waals surface area contributed by atoms with Crippen molar-refractivity contribution in [1.29, 1.82) is 0 Å². The summed E-state index contributed by atoms with van der Waals surface area (Å²) in [4.78, 5) is 5.63. The minimum absolute atomic E-state index is 0.156. The second-order valence-electron chi connectivity index (χ2n) is 4.38. The molecule has 1 N–H and O–H groups in total. The fourth-order valence-corrected chi connectivity index (χ4v) is 3.95. The number of aromatic nitrogens is 2. The van der Waals surface area contributed by atoms with Gasteiger partial charge in [0.25, 0.3) is 0 Å². The number of hydrogen-bond acceptors (Lipinski definition) is 3. The number of nitrogens with one attached hydrogen (secondary N) is 1. The van der Waals surface area contributed by atoms with E-state index >= 15 is 0 Å². The van der Waals surface area contributed by atoms with E-state index in [1.165, 1.54) is 18.3 Å². The Bertz CT molecular complexity index is 1000. The van der Waals surface area contributed by atoms with E-state index < -0.39 is 26.4 Å². The van der Waals surface area contributed by atoms with Gasteiger partial charge in [-0.3, -0.25) is 0 Å². The summed E-state index contributed by atoms with van der Waals surface area (Å²) in [5, 5.41) is 0.422. The van der Waals surface area contributed by atoms with E-state index in [4.69, 9.17) is 11.6 Å². The Morgan fingerprint density at radius 3 is 2.59 bits per heavy atom. The first kappa shape index (κ1) is 15.4. The van der Waals surface area contributed by atoms with Gasteiger partial charge in [-0.1, -0.05) is 11.6 Å². The molecule has 0 saturated heterocycles. The van der Waals surface area contributed by atoms with Crippen molar-refractivity contribution in [2.24, 2.45) is 0 Å². The standard InChI is InChI=1S/C13H6BrClF2N2O2S/c14-7-3-9(17)10(4-8(7)16)22(20,21)11-5-18-13-6(11)1-2-12(15)19-13/h1-5H,(H,18,19). The Kier molecular flexibility index (Phi) is 3.70. The van der Waals surface area contributed by atoms with Crippen LogP contribution in [0.3, 0.4) is 0 Å². The average Bonchev–Trinajstić information content (AvgIpc) is 2.86. The average molecular weight is 408 g/mol. The van der Waals surface area contributed by atoms with Crippen LogP contribution in [0.15, 0.2) is 44.7 Å². The lowest BCUT2D eigenvalue weighted by Crippen LogP contribution is -2.05. The Morgan fingerprint density at radius 2 is 1.86 bits per heavy atom. The SMILES string of the molecule is O=S(=O)(c1cc(F)c(Br)cc1F)c1c[nH]c2nc(Cl)ccc12. The van der Waals surface area contributed by atoms with E-state index in [1.54, 1.807) is 0 Å². The number of benzene rings is 1. The molecule has 3 aromatic rings. The van der Waals surface area contributed by atoms with Gasteiger partial charge in [-0.25, -0.2) is 22.2 Å². The third-order valence-electron chi connectivity index (χ3n) is 3.02. The van der Waals surface area contributed by atoms with Crippen molar-refractivity contribution in [3.63, 3.8) is 0 Å². The first-order valence-electron chi connectivity index (χ1n) is 5.84. The summed E-state index contributed by atoms with van der Waals surface area (Å²) in [5.74, 6) is -1.93. The quantitative estimate of drug-likeness (QED) is 0.514. The fraction of sp³-hybridized carbons (Fsp3) is 0. The highest BCUT2D eigenvalue weighted by atomic mass is 79.9. The zero-order valence-electron chi connectivity index (χ0n) is 10.6. The Balaban J connectivity index is 2.27. The van der Waals surface area contributed by atoms with Crippen molar-refractivity contribution in [2.45, 2.75) is 9.79 Å². The first-order chi connectivity index (χ1) is 10.3. The number of halogens is 4. The molecule has 2 aromatic heterocycles. The van der Waals surface area contributed by atoms with Crippen LogP contribution in [0.4, 0.5) is 8.78 Å². The van der Waals surface area contributed by atoms with Crippen LogP contribution in [0, 0.1) is 11.6 Å². The summed E-state index contributed by atoms with van der Waals surface area (Å²) in [5.41, 5.74) is 0.240. The number of pyridine rings is 1. The molecule has 1 aromatic carbocycles. The molecule has 0 saturated carbocycles. The van der Waals surface area contributed by atoms with Gasteiger partial charge in [0.1, 0.15) is 27.3 Å². The fourth-order valence-electron chi connectivity index (χ4n) is 2.01. The molecule has 22 heavy (non-hydrogen) atoms. The van der Waals surface area contributed by atoms with E-state index in [9.17, 15) is 17.2 Å². The second-order valence-corrected chi connectivity index (χ2v) is 7.51. The van der Waals surface area contributed by atoms with Crippen molar-refractivity contribution >= 4 is 48.4 Å². The summed E-state index contributed by atoms with van der Waals surface area (Å²) in [6, 6.07) is 4.26. The van der Waals surface area contributed by atoms with Gasteiger partial charge in [0.15, 0.2) is 0 Å². The number of rotatable bonds is 2. The molecule has 0 spiro atoms. The molecule has 9 heteroatoms. The molecule has 0 atom stereocenters. The van der Waals surface area contributed by atoms with E-state index in [-0.39, 0.29) is 25.6 Å². The number of aromatic amines is 1. The van der Waals surface area contributed by atoms with Crippen LogP contribution in [0.1, 0.15) is 0 Å². The van der Waals surface area contributed by atoms with E-state index in [0.29, 0.717) is 6.07 Å². The molecule has 0 aliphatic rings. The van der Waals surface area contributed by atoms with Crippen LogP contribution >= 0.6 is 27.5 Å². The van der Waals surface area contributed by atoms with Crippen LogP contribution in [0.2, 0.25) is 5.15 Å². The lowest BCUT2D eigenvalue weighted by atomic mass is 10.3.